The standard InChI is InChI=1S/C23H27N5O6/c29-19(11-28-21(30)12-27(13-22(28)31)18-3-5-24-6-4-18)16-1-2-20(34-14-23(32)33)17(9-16)10-26-8-7-25-15-26/h1-2,7-9,15,18,24H,3-6,10-14H2,(H,32,33). The van der Waals surface area contributed by atoms with Gasteiger partial charge in [0, 0.05) is 29.6 Å². The zero-order chi connectivity index (χ0) is 24.1. The van der Waals surface area contributed by atoms with Gasteiger partial charge in [-0.25, -0.2) is 9.78 Å². The van der Waals surface area contributed by atoms with Gasteiger partial charge in [0.2, 0.25) is 11.8 Å². The SMILES string of the molecule is O=C(O)COc1ccc(C(=O)CN2C(=O)CN(C3CCNCC3)CC2=O)cc1Cn1ccnc1. The van der Waals surface area contributed by atoms with Crippen molar-refractivity contribution in [3.63, 3.8) is 0 Å². The Labute approximate surface area is 196 Å². The Morgan fingerprint density at radius 3 is 2.53 bits per heavy atom. The van der Waals surface area contributed by atoms with Crippen LogP contribution in [0.15, 0.2) is 36.9 Å². The van der Waals surface area contributed by atoms with Gasteiger partial charge in [-0.1, -0.05) is 0 Å². The van der Waals surface area contributed by atoms with E-state index in [-0.39, 0.29) is 43.3 Å². The first kappa shape index (κ1) is 23.6. The summed E-state index contributed by atoms with van der Waals surface area (Å²) in [6, 6.07) is 4.83. The van der Waals surface area contributed by atoms with Crippen LogP contribution in [-0.4, -0.2) is 93.4 Å². The summed E-state index contributed by atoms with van der Waals surface area (Å²) in [6.07, 6.45) is 6.70. The number of hydrogen-bond acceptors (Lipinski definition) is 8. The van der Waals surface area contributed by atoms with Crippen LogP contribution < -0.4 is 10.1 Å². The van der Waals surface area contributed by atoms with Crippen LogP contribution in [0.3, 0.4) is 0 Å². The molecule has 11 heteroatoms. The number of ether oxygens (including phenoxy) is 1. The zero-order valence-electron chi connectivity index (χ0n) is 18.7. The largest absolute Gasteiger partial charge is 0.482 e. The molecule has 1 aromatic heterocycles. The number of carboxylic acid groups (broad SMARTS) is 1. The third-order valence-electron chi connectivity index (χ3n) is 6.05. The van der Waals surface area contributed by atoms with Crippen LogP contribution >= 0.6 is 0 Å². The summed E-state index contributed by atoms with van der Waals surface area (Å²) in [7, 11) is 0. The topological polar surface area (TPSA) is 134 Å². The number of imide groups is 1. The van der Waals surface area contributed by atoms with E-state index in [4.69, 9.17) is 9.84 Å². The van der Waals surface area contributed by atoms with E-state index in [0.717, 1.165) is 30.8 Å². The van der Waals surface area contributed by atoms with Crippen molar-refractivity contribution in [2.75, 3.05) is 39.3 Å². The normalized spacial score (nSPS) is 17.7. The predicted octanol–water partition coefficient (Wildman–Crippen LogP) is 0.000300. The number of aliphatic carboxylic acids is 1. The summed E-state index contributed by atoms with van der Waals surface area (Å²) in [6.45, 7) is 1.42. The van der Waals surface area contributed by atoms with Gasteiger partial charge in [-0.15, -0.1) is 0 Å². The number of aromatic nitrogens is 2. The molecule has 4 rings (SSSR count). The monoisotopic (exact) mass is 469 g/mol. The number of carbonyl (C=O) groups excluding carboxylic acids is 3. The highest BCUT2D eigenvalue weighted by Crippen LogP contribution is 2.23. The maximum absolute atomic E-state index is 13.0. The number of piperidine rings is 1. The minimum atomic E-state index is -1.12. The van der Waals surface area contributed by atoms with Crippen LogP contribution in [0.4, 0.5) is 0 Å². The molecule has 0 saturated carbocycles. The highest BCUT2D eigenvalue weighted by atomic mass is 16.5. The van der Waals surface area contributed by atoms with Crippen molar-refractivity contribution in [2.24, 2.45) is 0 Å². The Balaban J connectivity index is 1.46. The van der Waals surface area contributed by atoms with E-state index in [1.54, 1.807) is 29.4 Å². The smallest absolute Gasteiger partial charge is 0.341 e. The lowest BCUT2D eigenvalue weighted by molar-refractivity contribution is -0.152. The Hall–Kier alpha value is -3.57. The van der Waals surface area contributed by atoms with E-state index < -0.39 is 12.6 Å². The number of carboxylic acids is 1. The number of hydrogen-bond donors (Lipinski definition) is 2. The van der Waals surface area contributed by atoms with Crippen LogP contribution in [0, 0.1) is 0 Å². The number of nitrogens with one attached hydrogen (secondary N) is 1. The molecule has 3 heterocycles. The third kappa shape index (κ3) is 5.67. The van der Waals surface area contributed by atoms with Gasteiger partial charge >= 0.3 is 5.97 Å². The lowest BCUT2D eigenvalue weighted by Crippen LogP contribution is -2.58. The van der Waals surface area contributed by atoms with Crippen LogP contribution in [0.5, 0.6) is 5.75 Å². The molecular weight excluding hydrogens is 442 g/mol. The van der Waals surface area contributed by atoms with E-state index in [1.165, 1.54) is 12.1 Å². The van der Waals surface area contributed by atoms with Crippen molar-refractivity contribution in [1.29, 1.82) is 0 Å². The van der Waals surface area contributed by atoms with Gasteiger partial charge in [-0.05, 0) is 44.1 Å². The fraction of sp³-hybridized carbons (Fsp3) is 0.435. The number of nitrogens with zero attached hydrogens (tertiary/aromatic N) is 4. The van der Waals surface area contributed by atoms with E-state index in [0.29, 0.717) is 23.4 Å². The van der Waals surface area contributed by atoms with E-state index in [9.17, 15) is 19.2 Å². The van der Waals surface area contributed by atoms with E-state index >= 15 is 0 Å². The van der Waals surface area contributed by atoms with Gasteiger partial charge in [0.1, 0.15) is 5.75 Å². The van der Waals surface area contributed by atoms with Gasteiger partial charge in [-0.3, -0.25) is 24.2 Å². The number of benzene rings is 1. The molecular formula is C23H27N5O6. The Morgan fingerprint density at radius 2 is 1.88 bits per heavy atom. The van der Waals surface area contributed by atoms with Crippen molar-refractivity contribution in [3.05, 3.63) is 48.0 Å². The Bertz CT molecular complexity index is 1050. The maximum Gasteiger partial charge on any atom is 0.341 e. The van der Waals surface area contributed by atoms with Crippen LogP contribution in [0.25, 0.3) is 0 Å². The molecule has 34 heavy (non-hydrogen) atoms. The highest BCUT2D eigenvalue weighted by Gasteiger charge is 2.35. The molecule has 0 spiro atoms. The molecule has 1 aromatic carbocycles. The minimum Gasteiger partial charge on any atom is -0.482 e. The summed E-state index contributed by atoms with van der Waals surface area (Å²) in [5, 5.41) is 12.2. The van der Waals surface area contributed by atoms with Gasteiger partial charge in [-0.2, -0.15) is 0 Å². The van der Waals surface area contributed by atoms with Crippen LogP contribution in [0.1, 0.15) is 28.8 Å². The van der Waals surface area contributed by atoms with Crippen molar-refractivity contribution < 1.29 is 29.0 Å². The van der Waals surface area contributed by atoms with Crippen molar-refractivity contribution >= 4 is 23.6 Å². The molecule has 2 N–H and O–H groups in total. The van der Waals surface area contributed by atoms with Crippen molar-refractivity contribution in [3.8, 4) is 5.75 Å². The molecule has 11 nitrogen and oxygen atoms in total. The predicted molar refractivity (Wildman–Crippen MR) is 119 cm³/mol. The Kier molecular flexibility index (Phi) is 7.33. The summed E-state index contributed by atoms with van der Waals surface area (Å²) >= 11 is 0. The Morgan fingerprint density at radius 1 is 1.15 bits per heavy atom. The summed E-state index contributed by atoms with van der Waals surface area (Å²) in [5.74, 6) is -1.91. The number of rotatable bonds is 9. The fourth-order valence-electron chi connectivity index (χ4n) is 4.29. The zero-order valence-corrected chi connectivity index (χ0v) is 18.7. The molecule has 0 atom stereocenters. The van der Waals surface area contributed by atoms with Gasteiger partial charge in [0.05, 0.1) is 32.5 Å². The molecule has 0 bridgehead atoms. The molecule has 2 aliphatic heterocycles. The lowest BCUT2D eigenvalue weighted by Gasteiger charge is -2.38. The quantitative estimate of drug-likeness (QED) is 0.384. The van der Waals surface area contributed by atoms with Crippen LogP contribution in [-0.2, 0) is 20.9 Å². The molecule has 0 aliphatic carbocycles. The summed E-state index contributed by atoms with van der Waals surface area (Å²) < 4.78 is 7.12. The summed E-state index contributed by atoms with van der Waals surface area (Å²) in [5.41, 5.74) is 0.887. The molecule has 180 valence electrons. The van der Waals surface area contributed by atoms with E-state index in [1.807, 2.05) is 4.90 Å². The van der Waals surface area contributed by atoms with Gasteiger partial charge < -0.3 is 19.7 Å². The molecule has 2 amide bonds. The van der Waals surface area contributed by atoms with Crippen molar-refractivity contribution in [2.45, 2.75) is 25.4 Å². The first-order chi connectivity index (χ1) is 16.4. The first-order valence-corrected chi connectivity index (χ1v) is 11.1. The average molecular weight is 469 g/mol. The lowest BCUT2D eigenvalue weighted by atomic mass is 10.0. The minimum absolute atomic E-state index is 0.123. The molecule has 2 aromatic rings. The number of imidazole rings is 1. The average Bonchev–Trinajstić information content (AvgIpc) is 3.34. The van der Waals surface area contributed by atoms with Crippen LogP contribution in [0.2, 0.25) is 0 Å². The molecule has 0 radical (unpaired) electrons. The first-order valence-electron chi connectivity index (χ1n) is 11.1. The molecule has 0 unspecified atom stereocenters. The number of piperazine rings is 1. The van der Waals surface area contributed by atoms with Gasteiger partial charge in [0.15, 0.2) is 12.4 Å². The van der Waals surface area contributed by atoms with Crippen molar-refractivity contribution in [1.82, 2.24) is 24.7 Å². The number of Topliss-reactive ketones (excluding diaryl/α,β-unsaturated/α-hetero) is 1. The molecule has 2 aliphatic rings. The second-order valence-corrected chi connectivity index (χ2v) is 8.42. The number of ketones is 1. The number of carbonyl (C=O) groups is 4. The van der Waals surface area contributed by atoms with E-state index in [2.05, 4.69) is 10.3 Å². The maximum atomic E-state index is 13.0. The number of amides is 2. The second kappa shape index (κ2) is 10.6. The second-order valence-electron chi connectivity index (χ2n) is 8.42. The third-order valence-corrected chi connectivity index (χ3v) is 6.05. The summed E-state index contributed by atoms with van der Waals surface area (Å²) in [4.78, 5) is 56.3. The highest BCUT2D eigenvalue weighted by molar-refractivity contribution is 6.06. The molecule has 2 saturated heterocycles. The fourth-order valence-corrected chi connectivity index (χ4v) is 4.29. The van der Waals surface area contributed by atoms with Gasteiger partial charge in [0.25, 0.3) is 0 Å². The molecule has 2 fully saturated rings.